The molecule has 0 aliphatic heterocycles. The van der Waals surface area contributed by atoms with Crippen molar-refractivity contribution in [2.24, 2.45) is 11.3 Å². The molecule has 1 heteroatoms. The van der Waals surface area contributed by atoms with Crippen LogP contribution in [-0.4, -0.2) is 5.78 Å². The maximum Gasteiger partial charge on any atom is 0.138 e. The summed E-state index contributed by atoms with van der Waals surface area (Å²) >= 11 is 0. The summed E-state index contributed by atoms with van der Waals surface area (Å²) in [5, 5.41) is 0. The van der Waals surface area contributed by atoms with Crippen molar-refractivity contribution in [3.05, 3.63) is 12.2 Å². The van der Waals surface area contributed by atoms with Crippen molar-refractivity contribution in [3.8, 4) is 0 Å². The monoisotopic (exact) mass is 180 g/mol. The Balaban J connectivity index is 2.72. The fourth-order valence-corrected chi connectivity index (χ4v) is 2.08. The van der Waals surface area contributed by atoms with Crippen LogP contribution in [0.1, 0.15) is 46.5 Å². The largest absolute Gasteiger partial charge is 0.299 e. The Bertz CT molecular complexity index is 213. The van der Waals surface area contributed by atoms with Gasteiger partial charge in [0.25, 0.3) is 0 Å². The van der Waals surface area contributed by atoms with Gasteiger partial charge < -0.3 is 0 Å². The fourth-order valence-electron chi connectivity index (χ4n) is 2.08. The van der Waals surface area contributed by atoms with Gasteiger partial charge in [-0.15, -0.1) is 0 Å². The van der Waals surface area contributed by atoms with Crippen LogP contribution >= 0.6 is 0 Å². The highest BCUT2D eigenvalue weighted by molar-refractivity contribution is 5.84. The van der Waals surface area contributed by atoms with Gasteiger partial charge in [-0.2, -0.15) is 0 Å². The molecule has 0 aromatic heterocycles. The first-order chi connectivity index (χ1) is 6.09. The molecule has 0 amide bonds. The van der Waals surface area contributed by atoms with Crippen LogP contribution in [0.5, 0.6) is 0 Å². The Labute approximate surface area is 81.2 Å². The number of hydrogen-bond donors (Lipinski definition) is 0. The predicted octanol–water partition coefficient (Wildman–Crippen LogP) is 3.35. The maximum absolute atomic E-state index is 11.7. The zero-order valence-corrected chi connectivity index (χ0v) is 8.97. The van der Waals surface area contributed by atoms with Crippen molar-refractivity contribution >= 4 is 5.78 Å². The van der Waals surface area contributed by atoms with Crippen LogP contribution in [0.15, 0.2) is 12.2 Å². The number of allylic oxidation sites excluding steroid dienone is 2. The molecule has 0 bridgehead atoms. The lowest BCUT2D eigenvalue weighted by molar-refractivity contribution is -0.128. The fraction of sp³-hybridized carbons (Fsp3) is 0.750. The van der Waals surface area contributed by atoms with E-state index < -0.39 is 0 Å². The van der Waals surface area contributed by atoms with Gasteiger partial charge in [0.2, 0.25) is 0 Å². The molecule has 0 fully saturated rings. The first-order valence-electron chi connectivity index (χ1n) is 5.29. The van der Waals surface area contributed by atoms with Crippen LogP contribution in [0.25, 0.3) is 0 Å². The number of Topliss-reactive ketones (excluding diaryl/α,β-unsaturated/α-hetero) is 1. The highest BCUT2D eigenvalue weighted by Crippen LogP contribution is 2.36. The molecule has 1 aliphatic rings. The normalized spacial score (nSPS) is 23.2. The Hall–Kier alpha value is -0.590. The Kier molecular flexibility index (Phi) is 3.29. The van der Waals surface area contributed by atoms with Crippen molar-refractivity contribution in [2.75, 3.05) is 0 Å². The highest BCUT2D eigenvalue weighted by Gasteiger charge is 2.33. The van der Waals surface area contributed by atoms with E-state index in [0.717, 1.165) is 0 Å². The predicted molar refractivity (Wildman–Crippen MR) is 55.6 cm³/mol. The minimum absolute atomic E-state index is 0.147. The van der Waals surface area contributed by atoms with Crippen LogP contribution < -0.4 is 0 Å². The Morgan fingerprint density at radius 2 is 2.23 bits per heavy atom. The average Bonchev–Trinajstić information content (AvgIpc) is 2.18. The number of rotatable bonds is 3. The average molecular weight is 180 g/mol. The lowest BCUT2D eigenvalue weighted by atomic mass is 9.71. The number of carbonyl (C=O) groups excluding carboxylic acids is 1. The molecule has 13 heavy (non-hydrogen) atoms. The van der Waals surface area contributed by atoms with E-state index in [9.17, 15) is 4.79 Å². The smallest absolute Gasteiger partial charge is 0.138 e. The second-order valence-electron chi connectivity index (χ2n) is 4.46. The minimum Gasteiger partial charge on any atom is -0.299 e. The summed E-state index contributed by atoms with van der Waals surface area (Å²) in [5.41, 5.74) is -0.147. The van der Waals surface area contributed by atoms with Crippen LogP contribution in [0.3, 0.4) is 0 Å². The molecule has 0 aromatic carbocycles. The van der Waals surface area contributed by atoms with E-state index >= 15 is 0 Å². The highest BCUT2D eigenvalue weighted by atomic mass is 16.1. The molecule has 1 aliphatic carbocycles. The molecule has 1 nitrogen and oxygen atoms in total. The Morgan fingerprint density at radius 3 is 2.69 bits per heavy atom. The first kappa shape index (κ1) is 10.5. The third kappa shape index (κ3) is 2.20. The van der Waals surface area contributed by atoms with Crippen LogP contribution in [0.2, 0.25) is 0 Å². The molecular weight excluding hydrogens is 160 g/mol. The molecule has 0 aromatic rings. The third-order valence-electron chi connectivity index (χ3n) is 3.22. The summed E-state index contributed by atoms with van der Waals surface area (Å²) in [6.45, 7) is 6.12. The number of carbonyl (C=O) groups is 1. The van der Waals surface area contributed by atoms with Crippen molar-refractivity contribution in [2.45, 2.75) is 46.5 Å². The van der Waals surface area contributed by atoms with Gasteiger partial charge in [0, 0.05) is 11.8 Å². The van der Waals surface area contributed by atoms with Gasteiger partial charge in [0.05, 0.1) is 0 Å². The summed E-state index contributed by atoms with van der Waals surface area (Å²) in [5.74, 6) is 0.859. The molecule has 74 valence electrons. The van der Waals surface area contributed by atoms with E-state index in [0.29, 0.717) is 18.1 Å². The molecule has 1 unspecified atom stereocenters. The second kappa shape index (κ2) is 4.08. The van der Waals surface area contributed by atoms with Crippen molar-refractivity contribution in [3.63, 3.8) is 0 Å². The van der Waals surface area contributed by atoms with Gasteiger partial charge in [-0.3, -0.25) is 4.79 Å². The SMILES string of the molecule is CCC(=O)C(C)(C)C1C=CCCC1. The second-order valence-corrected chi connectivity index (χ2v) is 4.46. The van der Waals surface area contributed by atoms with Crippen LogP contribution in [0, 0.1) is 11.3 Å². The van der Waals surface area contributed by atoms with E-state index in [1.165, 1.54) is 19.3 Å². The molecule has 0 N–H and O–H groups in total. The molecular formula is C12H20O. The van der Waals surface area contributed by atoms with E-state index in [-0.39, 0.29) is 5.41 Å². The van der Waals surface area contributed by atoms with Crippen molar-refractivity contribution in [1.29, 1.82) is 0 Å². The maximum atomic E-state index is 11.7. The zero-order chi connectivity index (χ0) is 9.90. The van der Waals surface area contributed by atoms with E-state index in [2.05, 4.69) is 26.0 Å². The van der Waals surface area contributed by atoms with Crippen molar-refractivity contribution < 1.29 is 4.79 Å². The Morgan fingerprint density at radius 1 is 1.54 bits per heavy atom. The quantitative estimate of drug-likeness (QED) is 0.609. The van der Waals surface area contributed by atoms with Gasteiger partial charge in [-0.25, -0.2) is 0 Å². The van der Waals surface area contributed by atoms with E-state index in [1.807, 2.05) is 6.92 Å². The summed E-state index contributed by atoms with van der Waals surface area (Å²) in [7, 11) is 0. The summed E-state index contributed by atoms with van der Waals surface area (Å²) < 4.78 is 0. The molecule has 1 rings (SSSR count). The van der Waals surface area contributed by atoms with E-state index in [1.54, 1.807) is 0 Å². The molecule has 0 saturated carbocycles. The van der Waals surface area contributed by atoms with Gasteiger partial charge in [-0.1, -0.05) is 32.9 Å². The van der Waals surface area contributed by atoms with E-state index in [4.69, 9.17) is 0 Å². The lowest BCUT2D eigenvalue weighted by Gasteiger charge is -2.32. The summed E-state index contributed by atoms with van der Waals surface area (Å²) in [6.07, 6.45) is 8.72. The zero-order valence-electron chi connectivity index (χ0n) is 8.97. The third-order valence-corrected chi connectivity index (χ3v) is 3.22. The molecule has 0 saturated heterocycles. The summed E-state index contributed by atoms with van der Waals surface area (Å²) in [6, 6.07) is 0. The molecule has 0 heterocycles. The molecule has 0 spiro atoms. The van der Waals surface area contributed by atoms with Gasteiger partial charge in [-0.05, 0) is 25.2 Å². The number of hydrogen-bond acceptors (Lipinski definition) is 1. The topological polar surface area (TPSA) is 17.1 Å². The van der Waals surface area contributed by atoms with Crippen LogP contribution in [0.4, 0.5) is 0 Å². The molecule has 1 atom stereocenters. The first-order valence-corrected chi connectivity index (χ1v) is 5.29. The van der Waals surface area contributed by atoms with Gasteiger partial charge >= 0.3 is 0 Å². The standard InChI is InChI=1S/C12H20O/c1-4-11(13)12(2,3)10-8-6-5-7-9-10/h6,8,10H,4-5,7,9H2,1-3H3. The summed E-state index contributed by atoms with van der Waals surface area (Å²) in [4.78, 5) is 11.7. The minimum atomic E-state index is -0.147. The van der Waals surface area contributed by atoms with Crippen molar-refractivity contribution in [1.82, 2.24) is 0 Å². The molecule has 0 radical (unpaired) electrons. The lowest BCUT2D eigenvalue weighted by Crippen LogP contribution is -2.32. The van der Waals surface area contributed by atoms with Gasteiger partial charge in [0.1, 0.15) is 5.78 Å². The van der Waals surface area contributed by atoms with Crippen LogP contribution in [-0.2, 0) is 4.79 Å². The number of ketones is 1. The van der Waals surface area contributed by atoms with Gasteiger partial charge in [0.15, 0.2) is 0 Å².